The first kappa shape index (κ1) is 14.7. The molecule has 2 rings (SSSR count). The molecule has 1 fully saturated rings. The van der Waals surface area contributed by atoms with Crippen LogP contribution in [0.3, 0.4) is 0 Å². The standard InChI is InChI=1S/C13H17N3O3S/c1-2-18-13(17)9-3-4-11(15-7-9)16-5-6-19-10(8-16)12(14)20/h3-4,7,10H,2,5-6,8H2,1H3,(H2,14,20). The Bertz CT molecular complexity index is 492. The Balaban J connectivity index is 2.06. The van der Waals surface area contributed by atoms with Gasteiger partial charge in [0.25, 0.3) is 0 Å². The van der Waals surface area contributed by atoms with Crippen LogP contribution in [0.25, 0.3) is 0 Å². The van der Waals surface area contributed by atoms with Gasteiger partial charge in [-0.1, -0.05) is 12.2 Å². The highest BCUT2D eigenvalue weighted by atomic mass is 32.1. The fourth-order valence-electron chi connectivity index (χ4n) is 1.94. The Morgan fingerprint density at radius 3 is 3.05 bits per heavy atom. The number of ether oxygens (including phenoxy) is 2. The number of carbonyl (C=O) groups is 1. The average molecular weight is 295 g/mol. The summed E-state index contributed by atoms with van der Waals surface area (Å²) >= 11 is 4.95. The minimum absolute atomic E-state index is 0.259. The molecule has 1 aliphatic rings. The molecule has 6 nitrogen and oxygen atoms in total. The van der Waals surface area contributed by atoms with Gasteiger partial charge in [0.2, 0.25) is 0 Å². The van der Waals surface area contributed by atoms with Crippen LogP contribution in [0.4, 0.5) is 5.82 Å². The van der Waals surface area contributed by atoms with Crippen molar-refractivity contribution < 1.29 is 14.3 Å². The van der Waals surface area contributed by atoms with Crippen LogP contribution >= 0.6 is 12.2 Å². The second-order valence-corrected chi connectivity index (χ2v) is 4.80. The molecule has 2 N–H and O–H groups in total. The zero-order valence-corrected chi connectivity index (χ0v) is 12.1. The summed E-state index contributed by atoms with van der Waals surface area (Å²) in [5.74, 6) is 0.400. The summed E-state index contributed by atoms with van der Waals surface area (Å²) in [5.41, 5.74) is 6.04. The van der Waals surface area contributed by atoms with Crippen molar-refractivity contribution in [1.82, 2.24) is 4.98 Å². The molecule has 0 bridgehead atoms. The number of nitrogens with zero attached hydrogens (tertiary/aromatic N) is 2. The molecular formula is C13H17N3O3S. The predicted octanol–water partition coefficient (Wildman–Crippen LogP) is 0.750. The maximum absolute atomic E-state index is 11.5. The number of rotatable bonds is 4. The molecule has 1 aromatic heterocycles. The first-order valence-electron chi connectivity index (χ1n) is 6.41. The summed E-state index contributed by atoms with van der Waals surface area (Å²) in [6.07, 6.45) is 1.25. The SMILES string of the molecule is CCOC(=O)c1ccc(N2CCOC(C(N)=S)C2)nc1. The zero-order chi connectivity index (χ0) is 14.5. The molecule has 0 radical (unpaired) electrons. The molecule has 20 heavy (non-hydrogen) atoms. The van der Waals surface area contributed by atoms with E-state index in [2.05, 4.69) is 4.98 Å². The Labute approximate surface area is 122 Å². The Morgan fingerprint density at radius 1 is 1.65 bits per heavy atom. The number of nitrogens with two attached hydrogens (primary N) is 1. The number of thiocarbonyl (C=S) groups is 1. The molecule has 7 heteroatoms. The highest BCUT2D eigenvalue weighted by Crippen LogP contribution is 2.16. The summed E-state index contributed by atoms with van der Waals surface area (Å²) < 4.78 is 10.4. The lowest BCUT2D eigenvalue weighted by Gasteiger charge is -2.33. The quantitative estimate of drug-likeness (QED) is 0.648. The van der Waals surface area contributed by atoms with Crippen LogP contribution in [0.2, 0.25) is 0 Å². The molecule has 1 aliphatic heterocycles. The van der Waals surface area contributed by atoms with Crippen molar-refractivity contribution in [2.75, 3.05) is 31.2 Å². The summed E-state index contributed by atoms with van der Waals surface area (Å²) in [4.78, 5) is 18.2. The molecule has 0 spiro atoms. The van der Waals surface area contributed by atoms with Gasteiger partial charge in [-0.25, -0.2) is 9.78 Å². The van der Waals surface area contributed by atoms with Crippen LogP contribution < -0.4 is 10.6 Å². The minimum atomic E-state index is -0.366. The second-order valence-electron chi connectivity index (χ2n) is 4.33. The molecule has 2 heterocycles. The van der Waals surface area contributed by atoms with Crippen molar-refractivity contribution in [3.63, 3.8) is 0 Å². The van der Waals surface area contributed by atoms with Gasteiger partial charge in [-0.3, -0.25) is 0 Å². The fraction of sp³-hybridized carbons (Fsp3) is 0.462. The van der Waals surface area contributed by atoms with Crippen LogP contribution in [0.1, 0.15) is 17.3 Å². The number of anilines is 1. The van der Waals surface area contributed by atoms with Gasteiger partial charge in [-0.05, 0) is 19.1 Å². The van der Waals surface area contributed by atoms with E-state index in [-0.39, 0.29) is 12.1 Å². The molecular weight excluding hydrogens is 278 g/mol. The Kier molecular flexibility index (Phi) is 4.86. The smallest absolute Gasteiger partial charge is 0.339 e. The third-order valence-corrected chi connectivity index (χ3v) is 3.23. The topological polar surface area (TPSA) is 77.7 Å². The normalized spacial score (nSPS) is 18.6. The van der Waals surface area contributed by atoms with Crippen molar-refractivity contribution in [3.05, 3.63) is 23.9 Å². The summed E-state index contributed by atoms with van der Waals surface area (Å²) in [5, 5.41) is 0. The van der Waals surface area contributed by atoms with Gasteiger partial charge >= 0.3 is 5.97 Å². The van der Waals surface area contributed by atoms with E-state index >= 15 is 0 Å². The first-order chi connectivity index (χ1) is 9.61. The predicted molar refractivity (Wildman–Crippen MR) is 78.9 cm³/mol. The van der Waals surface area contributed by atoms with Gasteiger partial charge in [0.1, 0.15) is 16.9 Å². The van der Waals surface area contributed by atoms with E-state index in [1.807, 2.05) is 4.90 Å². The number of morpholine rings is 1. The van der Waals surface area contributed by atoms with E-state index in [0.29, 0.717) is 36.9 Å². The average Bonchev–Trinajstić information content (AvgIpc) is 2.48. The van der Waals surface area contributed by atoms with Gasteiger partial charge in [-0.2, -0.15) is 0 Å². The maximum atomic E-state index is 11.5. The van der Waals surface area contributed by atoms with Crippen molar-refractivity contribution in [1.29, 1.82) is 0 Å². The summed E-state index contributed by atoms with van der Waals surface area (Å²) in [6.45, 7) is 3.94. The first-order valence-corrected chi connectivity index (χ1v) is 6.81. The fourth-order valence-corrected chi connectivity index (χ4v) is 2.08. The van der Waals surface area contributed by atoms with Crippen LogP contribution in [0, 0.1) is 0 Å². The van der Waals surface area contributed by atoms with Crippen molar-refractivity contribution in [2.24, 2.45) is 5.73 Å². The van der Waals surface area contributed by atoms with E-state index in [1.54, 1.807) is 19.1 Å². The zero-order valence-electron chi connectivity index (χ0n) is 11.2. The number of carbonyl (C=O) groups excluding carboxylic acids is 1. The number of aromatic nitrogens is 1. The maximum Gasteiger partial charge on any atom is 0.339 e. The van der Waals surface area contributed by atoms with Crippen molar-refractivity contribution in [2.45, 2.75) is 13.0 Å². The number of hydrogen-bond donors (Lipinski definition) is 1. The third kappa shape index (κ3) is 3.43. The van der Waals surface area contributed by atoms with Crippen LogP contribution in [0.15, 0.2) is 18.3 Å². The molecule has 0 aromatic carbocycles. The minimum Gasteiger partial charge on any atom is -0.462 e. The summed E-state index contributed by atoms with van der Waals surface area (Å²) in [7, 11) is 0. The summed E-state index contributed by atoms with van der Waals surface area (Å²) in [6, 6.07) is 3.49. The Hall–Kier alpha value is -1.73. The van der Waals surface area contributed by atoms with Gasteiger partial charge in [0.15, 0.2) is 0 Å². The lowest BCUT2D eigenvalue weighted by molar-refractivity contribution is 0.0525. The van der Waals surface area contributed by atoms with E-state index in [0.717, 1.165) is 5.82 Å². The van der Waals surface area contributed by atoms with Gasteiger partial charge < -0.3 is 20.1 Å². The molecule has 0 aliphatic carbocycles. The molecule has 108 valence electrons. The lowest BCUT2D eigenvalue weighted by Crippen LogP contribution is -2.48. The molecule has 0 saturated carbocycles. The number of pyridine rings is 1. The van der Waals surface area contributed by atoms with Crippen molar-refractivity contribution in [3.8, 4) is 0 Å². The van der Waals surface area contributed by atoms with E-state index in [4.69, 9.17) is 27.4 Å². The van der Waals surface area contributed by atoms with E-state index < -0.39 is 0 Å². The molecule has 0 amide bonds. The highest BCUT2D eigenvalue weighted by Gasteiger charge is 2.23. The van der Waals surface area contributed by atoms with Gasteiger partial charge in [0, 0.05) is 12.7 Å². The van der Waals surface area contributed by atoms with Gasteiger partial charge in [-0.15, -0.1) is 0 Å². The van der Waals surface area contributed by atoms with E-state index in [1.165, 1.54) is 6.20 Å². The van der Waals surface area contributed by atoms with Crippen molar-refractivity contribution >= 4 is 29.0 Å². The largest absolute Gasteiger partial charge is 0.462 e. The third-order valence-electron chi connectivity index (χ3n) is 2.97. The second kappa shape index (κ2) is 6.62. The molecule has 1 saturated heterocycles. The molecule has 1 atom stereocenters. The molecule has 1 unspecified atom stereocenters. The van der Waals surface area contributed by atoms with E-state index in [9.17, 15) is 4.79 Å². The van der Waals surface area contributed by atoms with Gasteiger partial charge in [0.05, 0.1) is 25.3 Å². The van der Waals surface area contributed by atoms with Crippen LogP contribution in [-0.4, -0.2) is 48.3 Å². The number of esters is 1. The highest BCUT2D eigenvalue weighted by molar-refractivity contribution is 7.80. The van der Waals surface area contributed by atoms with Crippen LogP contribution in [-0.2, 0) is 9.47 Å². The Morgan fingerprint density at radius 2 is 2.45 bits per heavy atom. The molecule has 1 aromatic rings. The lowest BCUT2D eigenvalue weighted by atomic mass is 10.2. The van der Waals surface area contributed by atoms with Crippen LogP contribution in [0.5, 0.6) is 0 Å². The monoisotopic (exact) mass is 295 g/mol. The number of hydrogen-bond acceptors (Lipinski definition) is 6.